The van der Waals surface area contributed by atoms with Crippen molar-refractivity contribution in [2.45, 2.75) is 45.3 Å². The maximum Gasteiger partial charge on any atom is 0.125 e. The molecule has 0 aliphatic carbocycles. The van der Waals surface area contributed by atoms with Gasteiger partial charge in [-0.05, 0) is 38.8 Å². The number of likely N-dealkylation sites (tertiary alicyclic amines) is 1. The number of aliphatic hydroxyl groups excluding tert-OH is 1. The lowest BCUT2D eigenvalue weighted by Gasteiger charge is -2.26. The minimum Gasteiger partial charge on any atom is -0.493 e. The third-order valence-electron chi connectivity index (χ3n) is 3.96. The molecule has 0 aromatic heterocycles. The van der Waals surface area contributed by atoms with Crippen LogP contribution in [0.3, 0.4) is 0 Å². The number of ether oxygens (including phenoxy) is 1. The molecule has 0 saturated carbocycles. The average Bonchev–Trinajstić information content (AvgIpc) is 2.87. The molecular formula is C16H25NO2. The van der Waals surface area contributed by atoms with Crippen molar-refractivity contribution in [1.82, 2.24) is 4.90 Å². The smallest absolute Gasteiger partial charge is 0.125 e. The first-order chi connectivity index (χ1) is 9.26. The van der Waals surface area contributed by atoms with Crippen molar-refractivity contribution in [2.75, 3.05) is 19.7 Å². The van der Waals surface area contributed by atoms with E-state index in [0.29, 0.717) is 19.2 Å². The van der Waals surface area contributed by atoms with E-state index in [2.05, 4.69) is 11.8 Å². The van der Waals surface area contributed by atoms with E-state index in [4.69, 9.17) is 4.74 Å². The lowest BCUT2D eigenvalue weighted by Crippen LogP contribution is -2.33. The van der Waals surface area contributed by atoms with Crippen molar-refractivity contribution in [3.05, 3.63) is 29.8 Å². The summed E-state index contributed by atoms with van der Waals surface area (Å²) in [4.78, 5) is 2.41. The fourth-order valence-electron chi connectivity index (χ4n) is 2.96. The standard InChI is InChI=1S/C16H25NO2/c1-3-13-8-7-11-17(13)12-15(18)14-9-5-6-10-16(14)19-4-2/h5-6,9-10,13,15,18H,3-4,7-8,11-12H2,1-2H3. The van der Waals surface area contributed by atoms with Gasteiger partial charge in [0.1, 0.15) is 5.75 Å². The van der Waals surface area contributed by atoms with Crippen LogP contribution in [0, 0.1) is 0 Å². The highest BCUT2D eigenvalue weighted by Gasteiger charge is 2.26. The van der Waals surface area contributed by atoms with Crippen molar-refractivity contribution >= 4 is 0 Å². The Hall–Kier alpha value is -1.06. The summed E-state index contributed by atoms with van der Waals surface area (Å²) in [5.74, 6) is 0.810. The number of aliphatic hydroxyl groups is 1. The third kappa shape index (κ3) is 3.48. The Kier molecular flexibility index (Phi) is 5.23. The Morgan fingerprint density at radius 1 is 1.37 bits per heavy atom. The largest absolute Gasteiger partial charge is 0.493 e. The van der Waals surface area contributed by atoms with Crippen LogP contribution < -0.4 is 4.74 Å². The minimum absolute atomic E-state index is 0.463. The molecule has 0 bridgehead atoms. The van der Waals surface area contributed by atoms with Gasteiger partial charge in [0.15, 0.2) is 0 Å². The summed E-state index contributed by atoms with van der Waals surface area (Å²) < 4.78 is 5.60. The van der Waals surface area contributed by atoms with Crippen molar-refractivity contribution in [2.24, 2.45) is 0 Å². The number of hydrogen-bond acceptors (Lipinski definition) is 3. The molecular weight excluding hydrogens is 238 g/mol. The molecule has 1 N–H and O–H groups in total. The molecule has 1 aliphatic heterocycles. The Labute approximate surface area is 116 Å². The Balaban J connectivity index is 2.05. The zero-order valence-electron chi connectivity index (χ0n) is 12.0. The highest BCUT2D eigenvalue weighted by atomic mass is 16.5. The summed E-state index contributed by atoms with van der Waals surface area (Å²) in [6.07, 6.45) is 3.21. The summed E-state index contributed by atoms with van der Waals surface area (Å²) in [5.41, 5.74) is 0.908. The predicted octanol–water partition coefficient (Wildman–Crippen LogP) is 2.99. The van der Waals surface area contributed by atoms with Gasteiger partial charge >= 0.3 is 0 Å². The average molecular weight is 263 g/mol. The molecule has 1 fully saturated rings. The predicted molar refractivity (Wildman–Crippen MR) is 77.5 cm³/mol. The van der Waals surface area contributed by atoms with Crippen LogP contribution in [0.4, 0.5) is 0 Å². The first-order valence-electron chi connectivity index (χ1n) is 7.40. The number of hydrogen-bond donors (Lipinski definition) is 1. The van der Waals surface area contributed by atoms with Crippen molar-refractivity contribution in [3.63, 3.8) is 0 Å². The van der Waals surface area contributed by atoms with Crippen LogP contribution in [-0.2, 0) is 0 Å². The summed E-state index contributed by atoms with van der Waals surface area (Å²) in [5, 5.41) is 10.5. The van der Waals surface area contributed by atoms with Gasteiger partial charge in [0.05, 0.1) is 12.7 Å². The molecule has 0 spiro atoms. The van der Waals surface area contributed by atoms with Crippen LogP contribution in [-0.4, -0.2) is 35.7 Å². The van der Waals surface area contributed by atoms with Gasteiger partial charge in [0.2, 0.25) is 0 Å². The molecule has 2 unspecified atom stereocenters. The molecule has 106 valence electrons. The molecule has 3 heteroatoms. The van der Waals surface area contributed by atoms with Gasteiger partial charge in [0, 0.05) is 18.2 Å². The normalized spacial score (nSPS) is 21.5. The lowest BCUT2D eigenvalue weighted by molar-refractivity contribution is 0.102. The van der Waals surface area contributed by atoms with E-state index in [1.807, 2.05) is 31.2 Å². The molecule has 19 heavy (non-hydrogen) atoms. The van der Waals surface area contributed by atoms with Crippen molar-refractivity contribution < 1.29 is 9.84 Å². The first-order valence-corrected chi connectivity index (χ1v) is 7.40. The first kappa shape index (κ1) is 14.4. The molecule has 1 aromatic rings. The van der Waals surface area contributed by atoms with E-state index in [1.54, 1.807) is 0 Å². The number of rotatable bonds is 6. The molecule has 0 amide bonds. The number of para-hydroxylation sites is 1. The van der Waals surface area contributed by atoms with E-state index in [0.717, 1.165) is 17.9 Å². The maximum atomic E-state index is 10.5. The van der Waals surface area contributed by atoms with Gasteiger partial charge in [-0.3, -0.25) is 4.90 Å². The maximum absolute atomic E-state index is 10.5. The molecule has 3 nitrogen and oxygen atoms in total. The van der Waals surface area contributed by atoms with Crippen LogP contribution in [0.15, 0.2) is 24.3 Å². The van der Waals surface area contributed by atoms with Gasteiger partial charge in [-0.15, -0.1) is 0 Å². The monoisotopic (exact) mass is 263 g/mol. The van der Waals surface area contributed by atoms with E-state index < -0.39 is 6.10 Å². The molecule has 1 aliphatic rings. The van der Waals surface area contributed by atoms with E-state index in [-0.39, 0.29) is 0 Å². The van der Waals surface area contributed by atoms with Gasteiger partial charge in [-0.2, -0.15) is 0 Å². The topological polar surface area (TPSA) is 32.7 Å². The molecule has 2 atom stereocenters. The van der Waals surface area contributed by atoms with E-state index >= 15 is 0 Å². The quantitative estimate of drug-likeness (QED) is 0.856. The van der Waals surface area contributed by atoms with Crippen LogP contribution in [0.5, 0.6) is 5.75 Å². The highest BCUT2D eigenvalue weighted by Crippen LogP contribution is 2.28. The number of nitrogens with zero attached hydrogens (tertiary/aromatic N) is 1. The third-order valence-corrected chi connectivity index (χ3v) is 3.96. The fraction of sp³-hybridized carbons (Fsp3) is 0.625. The van der Waals surface area contributed by atoms with Gasteiger partial charge in [-0.25, -0.2) is 0 Å². The van der Waals surface area contributed by atoms with Gasteiger partial charge < -0.3 is 9.84 Å². The summed E-state index contributed by atoms with van der Waals surface area (Å²) in [6.45, 7) is 6.64. The fourth-order valence-corrected chi connectivity index (χ4v) is 2.96. The van der Waals surface area contributed by atoms with Crippen LogP contribution in [0.1, 0.15) is 44.8 Å². The second kappa shape index (κ2) is 6.92. The summed E-state index contributed by atoms with van der Waals surface area (Å²) in [7, 11) is 0. The van der Waals surface area contributed by atoms with Crippen LogP contribution in [0.2, 0.25) is 0 Å². The minimum atomic E-state index is -0.463. The number of β-amino-alcohol motifs (C(OH)–C–C–N with tert-alkyl or cyclic N) is 1. The molecule has 1 aromatic carbocycles. The van der Waals surface area contributed by atoms with Crippen molar-refractivity contribution in [1.29, 1.82) is 0 Å². The Bertz CT molecular complexity index is 394. The highest BCUT2D eigenvalue weighted by molar-refractivity contribution is 5.35. The van der Waals surface area contributed by atoms with E-state index in [9.17, 15) is 5.11 Å². The molecule has 1 saturated heterocycles. The van der Waals surface area contributed by atoms with Crippen LogP contribution >= 0.6 is 0 Å². The van der Waals surface area contributed by atoms with Crippen LogP contribution in [0.25, 0.3) is 0 Å². The lowest BCUT2D eigenvalue weighted by atomic mass is 10.1. The SMILES string of the molecule is CCOc1ccccc1C(O)CN1CCCC1CC. The molecule has 1 heterocycles. The van der Waals surface area contributed by atoms with Gasteiger partial charge in [0.25, 0.3) is 0 Å². The second-order valence-electron chi connectivity index (χ2n) is 5.19. The Morgan fingerprint density at radius 3 is 2.89 bits per heavy atom. The summed E-state index contributed by atoms with van der Waals surface area (Å²) in [6, 6.07) is 8.44. The zero-order valence-corrected chi connectivity index (χ0v) is 12.0. The molecule has 0 radical (unpaired) electrons. The Morgan fingerprint density at radius 2 is 2.16 bits per heavy atom. The van der Waals surface area contributed by atoms with Gasteiger partial charge in [-0.1, -0.05) is 25.1 Å². The summed E-state index contributed by atoms with van der Waals surface area (Å²) >= 11 is 0. The second-order valence-corrected chi connectivity index (χ2v) is 5.19. The van der Waals surface area contributed by atoms with Crippen molar-refractivity contribution in [3.8, 4) is 5.75 Å². The van der Waals surface area contributed by atoms with E-state index in [1.165, 1.54) is 19.3 Å². The number of benzene rings is 1. The zero-order chi connectivity index (χ0) is 13.7. The molecule has 2 rings (SSSR count).